The fourth-order valence-corrected chi connectivity index (χ4v) is 4.19. The highest BCUT2D eigenvalue weighted by Crippen LogP contribution is 2.33. The molecule has 8 heteroatoms. The van der Waals surface area contributed by atoms with Gasteiger partial charge in [-0.2, -0.15) is 10.4 Å². The van der Waals surface area contributed by atoms with E-state index in [1.807, 2.05) is 24.4 Å². The van der Waals surface area contributed by atoms with E-state index in [9.17, 15) is 10.1 Å². The van der Waals surface area contributed by atoms with Crippen LogP contribution in [0.25, 0.3) is 16.6 Å². The van der Waals surface area contributed by atoms with Gasteiger partial charge in [-0.25, -0.2) is 9.50 Å². The average molecular weight is 431 g/mol. The number of carbonyl (C=O) groups is 1. The molecule has 0 spiro atoms. The van der Waals surface area contributed by atoms with Gasteiger partial charge < -0.3 is 15.0 Å². The van der Waals surface area contributed by atoms with Crippen molar-refractivity contribution in [2.24, 2.45) is 11.8 Å². The number of pyridine rings is 2. The van der Waals surface area contributed by atoms with E-state index in [1.165, 1.54) is 0 Å². The molecule has 8 nitrogen and oxygen atoms in total. The molecule has 2 fully saturated rings. The zero-order valence-electron chi connectivity index (χ0n) is 18.1. The van der Waals surface area contributed by atoms with Gasteiger partial charge >= 0.3 is 0 Å². The minimum Gasteiger partial charge on any atom is -0.491 e. The molecule has 164 valence electrons. The molecule has 1 saturated heterocycles. The Morgan fingerprint density at radius 3 is 2.94 bits per heavy atom. The summed E-state index contributed by atoms with van der Waals surface area (Å²) >= 11 is 0. The molecule has 1 aliphatic carbocycles. The molecule has 0 bridgehead atoms. The third-order valence-electron chi connectivity index (χ3n) is 6.25. The smallest absolute Gasteiger partial charge is 0.228 e. The third kappa shape index (κ3) is 4.30. The number of rotatable bonds is 7. The summed E-state index contributed by atoms with van der Waals surface area (Å²) in [5.74, 6) is 1.87. The van der Waals surface area contributed by atoms with Gasteiger partial charge in [-0.1, -0.05) is 6.92 Å². The van der Waals surface area contributed by atoms with E-state index in [2.05, 4.69) is 33.3 Å². The lowest BCUT2D eigenvalue weighted by Gasteiger charge is -2.16. The number of likely N-dealkylation sites (tertiary alicyclic amines) is 1. The summed E-state index contributed by atoms with van der Waals surface area (Å²) in [6, 6.07) is 9.65. The predicted molar refractivity (Wildman–Crippen MR) is 120 cm³/mol. The maximum Gasteiger partial charge on any atom is 0.228 e. The molecule has 1 amide bonds. The average Bonchev–Trinajstić information content (AvgIpc) is 3.44. The van der Waals surface area contributed by atoms with Crippen molar-refractivity contribution < 1.29 is 9.53 Å². The van der Waals surface area contributed by atoms with E-state index in [1.54, 1.807) is 16.8 Å². The number of amides is 1. The molecule has 1 N–H and O–H groups in total. The first-order valence-electron chi connectivity index (χ1n) is 11.2. The Labute approximate surface area is 186 Å². The Bertz CT molecular complexity index is 1190. The van der Waals surface area contributed by atoms with Crippen LogP contribution in [0.4, 0.5) is 5.82 Å². The zero-order chi connectivity index (χ0) is 22.1. The van der Waals surface area contributed by atoms with Crippen molar-refractivity contribution in [3.63, 3.8) is 0 Å². The van der Waals surface area contributed by atoms with Gasteiger partial charge in [0.1, 0.15) is 17.5 Å². The topological polar surface area (TPSA) is 95.6 Å². The Hall–Kier alpha value is -3.44. The van der Waals surface area contributed by atoms with Crippen LogP contribution in [0.2, 0.25) is 0 Å². The lowest BCUT2D eigenvalue weighted by Crippen LogP contribution is -2.22. The number of carbonyl (C=O) groups excluding carboxylic acids is 1. The summed E-state index contributed by atoms with van der Waals surface area (Å²) in [4.78, 5) is 18.7. The van der Waals surface area contributed by atoms with Crippen LogP contribution < -0.4 is 10.1 Å². The second-order valence-electron chi connectivity index (χ2n) is 8.61. The molecule has 0 aromatic carbocycles. The van der Waals surface area contributed by atoms with Crippen molar-refractivity contribution in [1.29, 1.82) is 5.26 Å². The molecule has 1 saturated carbocycles. The first kappa shape index (κ1) is 20.5. The van der Waals surface area contributed by atoms with Crippen LogP contribution in [-0.2, 0) is 4.79 Å². The van der Waals surface area contributed by atoms with Crippen LogP contribution in [0.5, 0.6) is 5.75 Å². The van der Waals surface area contributed by atoms with Crippen LogP contribution in [-0.4, -0.2) is 51.6 Å². The fraction of sp³-hybridized carbons (Fsp3) is 0.417. The lowest BCUT2D eigenvalue weighted by molar-refractivity contribution is -0.117. The van der Waals surface area contributed by atoms with Crippen LogP contribution in [0.3, 0.4) is 0 Å². The van der Waals surface area contributed by atoms with Gasteiger partial charge in [0, 0.05) is 36.2 Å². The molecule has 3 aromatic heterocycles. The second-order valence-corrected chi connectivity index (χ2v) is 8.61. The van der Waals surface area contributed by atoms with Crippen molar-refractivity contribution in [1.82, 2.24) is 19.5 Å². The van der Waals surface area contributed by atoms with Crippen LogP contribution in [0, 0.1) is 23.2 Å². The van der Waals surface area contributed by atoms with Crippen LogP contribution in [0.15, 0.2) is 36.7 Å². The molecule has 0 radical (unpaired) electrons. The SMILES string of the molecule is CCN1CC[C@@H](COc2cnc(C#N)cc2-c2ccn3nc(NC(=O)C4CC4)cc3c2)C1. The molecule has 2 aliphatic rings. The molecule has 32 heavy (non-hydrogen) atoms. The van der Waals surface area contributed by atoms with Gasteiger partial charge in [0.2, 0.25) is 5.91 Å². The van der Waals surface area contributed by atoms with Crippen LogP contribution in [0.1, 0.15) is 31.9 Å². The molecule has 1 atom stereocenters. The number of hydrogen-bond donors (Lipinski definition) is 1. The highest BCUT2D eigenvalue weighted by atomic mass is 16.5. The minimum absolute atomic E-state index is 0.0330. The van der Waals surface area contributed by atoms with Gasteiger partial charge in [-0.3, -0.25) is 4.79 Å². The molecular weight excluding hydrogens is 404 g/mol. The molecule has 0 unspecified atom stereocenters. The summed E-state index contributed by atoms with van der Waals surface area (Å²) in [6.07, 6.45) is 6.52. The van der Waals surface area contributed by atoms with Crippen molar-refractivity contribution in [3.8, 4) is 22.9 Å². The zero-order valence-corrected chi connectivity index (χ0v) is 18.1. The van der Waals surface area contributed by atoms with Gasteiger partial charge in [-0.05, 0) is 56.1 Å². The molecule has 1 aliphatic heterocycles. The Balaban J connectivity index is 1.39. The normalized spacial score (nSPS) is 18.6. The Kier molecular flexibility index (Phi) is 5.50. The first-order valence-corrected chi connectivity index (χ1v) is 11.2. The fourth-order valence-electron chi connectivity index (χ4n) is 4.19. The molecular formula is C24H26N6O2. The van der Waals surface area contributed by atoms with E-state index < -0.39 is 0 Å². The lowest BCUT2D eigenvalue weighted by atomic mass is 10.1. The highest BCUT2D eigenvalue weighted by molar-refractivity contribution is 5.93. The summed E-state index contributed by atoms with van der Waals surface area (Å²) in [5, 5.41) is 16.7. The molecule has 3 aromatic rings. The number of nitrogens with zero attached hydrogens (tertiary/aromatic N) is 5. The van der Waals surface area contributed by atoms with Gasteiger partial charge in [0.15, 0.2) is 5.82 Å². The summed E-state index contributed by atoms with van der Waals surface area (Å²) < 4.78 is 7.93. The molecule has 5 rings (SSSR count). The number of ether oxygens (including phenoxy) is 1. The van der Waals surface area contributed by atoms with Gasteiger partial charge in [0.25, 0.3) is 0 Å². The number of nitrogens with one attached hydrogen (secondary N) is 1. The number of fused-ring (bicyclic) bond motifs is 1. The van der Waals surface area contributed by atoms with E-state index >= 15 is 0 Å². The van der Waals surface area contributed by atoms with Gasteiger partial charge in [0.05, 0.1) is 18.3 Å². The monoisotopic (exact) mass is 430 g/mol. The quantitative estimate of drug-likeness (QED) is 0.618. The van der Waals surface area contributed by atoms with Gasteiger partial charge in [-0.15, -0.1) is 0 Å². The predicted octanol–water partition coefficient (Wildman–Crippen LogP) is 3.34. The Morgan fingerprint density at radius 2 is 2.19 bits per heavy atom. The van der Waals surface area contributed by atoms with E-state index in [0.29, 0.717) is 29.8 Å². The maximum absolute atomic E-state index is 12.1. The van der Waals surface area contributed by atoms with E-state index in [-0.39, 0.29) is 11.8 Å². The van der Waals surface area contributed by atoms with Crippen molar-refractivity contribution >= 4 is 17.2 Å². The number of hydrogen-bond acceptors (Lipinski definition) is 6. The largest absolute Gasteiger partial charge is 0.491 e. The summed E-state index contributed by atoms with van der Waals surface area (Å²) in [6.45, 7) is 6.03. The van der Waals surface area contributed by atoms with Crippen molar-refractivity contribution in [3.05, 3.63) is 42.4 Å². The van der Waals surface area contributed by atoms with Crippen LogP contribution >= 0.6 is 0 Å². The minimum atomic E-state index is 0.0330. The second kappa shape index (κ2) is 8.60. The van der Waals surface area contributed by atoms with E-state index in [0.717, 1.165) is 55.5 Å². The van der Waals surface area contributed by atoms with E-state index in [4.69, 9.17) is 4.74 Å². The highest BCUT2D eigenvalue weighted by Gasteiger charge is 2.30. The van der Waals surface area contributed by atoms with Crippen molar-refractivity contribution in [2.75, 3.05) is 31.6 Å². The maximum atomic E-state index is 12.1. The van der Waals surface area contributed by atoms with Crippen molar-refractivity contribution in [2.45, 2.75) is 26.2 Å². The standard InChI is InChI=1S/C24H26N6O2/c1-2-29-7-5-16(14-29)15-32-22-13-26-19(12-25)10-21(22)18-6-8-30-20(9-18)11-23(28-30)27-24(31)17-3-4-17/h6,8-11,13,16-17H,2-5,7,14-15H2,1H3,(H,27,28,31)/t16-/m1/s1. The summed E-state index contributed by atoms with van der Waals surface area (Å²) in [5.41, 5.74) is 2.93. The Morgan fingerprint density at radius 1 is 1.31 bits per heavy atom. The number of aromatic nitrogens is 3. The number of nitriles is 1. The molecule has 4 heterocycles. The number of anilines is 1. The first-order chi connectivity index (χ1) is 15.6. The summed E-state index contributed by atoms with van der Waals surface area (Å²) in [7, 11) is 0. The third-order valence-corrected chi connectivity index (χ3v) is 6.25.